The lowest BCUT2D eigenvalue weighted by Gasteiger charge is -2.11. The van der Waals surface area contributed by atoms with Crippen molar-refractivity contribution in [2.75, 3.05) is 5.32 Å². The highest BCUT2D eigenvalue weighted by molar-refractivity contribution is 5.94. The lowest BCUT2D eigenvalue weighted by atomic mass is 10.1. The van der Waals surface area contributed by atoms with E-state index in [1.165, 1.54) is 24.3 Å². The smallest absolute Gasteiger partial charge is 0.387 e. The van der Waals surface area contributed by atoms with Crippen molar-refractivity contribution in [3.05, 3.63) is 24.3 Å². The Morgan fingerprint density at radius 1 is 1.30 bits per heavy atom. The summed E-state index contributed by atoms with van der Waals surface area (Å²) in [6.07, 6.45) is -0.205. The predicted octanol–water partition coefficient (Wildman–Crippen LogP) is 1.42. The molecule has 0 spiro atoms. The normalized spacial score (nSPS) is 12.0. The van der Waals surface area contributed by atoms with Gasteiger partial charge in [-0.3, -0.25) is 9.59 Å². The lowest BCUT2D eigenvalue weighted by Crippen LogP contribution is -2.36. The van der Waals surface area contributed by atoms with Gasteiger partial charge in [-0.25, -0.2) is 0 Å². The van der Waals surface area contributed by atoms with Crippen LogP contribution in [-0.4, -0.2) is 29.6 Å². The number of ether oxygens (including phenoxy) is 1. The Balaban J connectivity index is 2.51. The molecule has 0 saturated heterocycles. The third-order valence-electron chi connectivity index (χ3n) is 2.35. The van der Waals surface area contributed by atoms with Crippen molar-refractivity contribution in [1.29, 1.82) is 0 Å². The molecule has 1 unspecified atom stereocenters. The standard InChI is InChI=1S/C12H14F2N2O4/c13-12(14)20-8-3-1-7(2-4-8)16-11(19)9(15)5-6-10(17)18/h1-4,9,12H,5-6,15H2,(H,16,19)(H,17,18). The van der Waals surface area contributed by atoms with E-state index in [9.17, 15) is 18.4 Å². The number of alkyl halides is 2. The molecule has 0 aromatic heterocycles. The van der Waals surface area contributed by atoms with E-state index in [1.54, 1.807) is 0 Å². The van der Waals surface area contributed by atoms with Crippen molar-refractivity contribution < 1.29 is 28.2 Å². The van der Waals surface area contributed by atoms with Crippen LogP contribution in [0.4, 0.5) is 14.5 Å². The molecule has 1 rings (SSSR count). The number of carbonyl (C=O) groups is 2. The summed E-state index contributed by atoms with van der Waals surface area (Å²) in [6, 6.07) is 4.33. The van der Waals surface area contributed by atoms with Gasteiger partial charge in [0, 0.05) is 12.1 Å². The van der Waals surface area contributed by atoms with Crippen LogP contribution in [0.15, 0.2) is 24.3 Å². The number of nitrogens with one attached hydrogen (secondary N) is 1. The maximum absolute atomic E-state index is 11.9. The molecule has 1 amide bonds. The van der Waals surface area contributed by atoms with E-state index >= 15 is 0 Å². The van der Waals surface area contributed by atoms with Gasteiger partial charge in [0.2, 0.25) is 5.91 Å². The fraction of sp³-hybridized carbons (Fsp3) is 0.333. The minimum Gasteiger partial charge on any atom is -0.481 e. The highest BCUT2D eigenvalue weighted by Crippen LogP contribution is 2.17. The second-order valence-electron chi connectivity index (χ2n) is 3.93. The SMILES string of the molecule is NC(CCC(=O)O)C(=O)Nc1ccc(OC(F)F)cc1. The number of nitrogens with two attached hydrogens (primary N) is 1. The summed E-state index contributed by atoms with van der Waals surface area (Å²) < 4.78 is 28.0. The number of anilines is 1. The number of amides is 1. The molecule has 1 atom stereocenters. The Morgan fingerprint density at radius 3 is 2.40 bits per heavy atom. The fourth-order valence-corrected chi connectivity index (χ4v) is 1.36. The van der Waals surface area contributed by atoms with Crippen LogP contribution < -0.4 is 15.8 Å². The Hall–Kier alpha value is -2.22. The summed E-state index contributed by atoms with van der Waals surface area (Å²) in [5.74, 6) is -1.62. The van der Waals surface area contributed by atoms with E-state index in [2.05, 4.69) is 10.1 Å². The van der Waals surface area contributed by atoms with E-state index in [-0.39, 0.29) is 18.6 Å². The zero-order chi connectivity index (χ0) is 15.1. The summed E-state index contributed by atoms with van der Waals surface area (Å²) in [5, 5.41) is 10.9. The monoisotopic (exact) mass is 288 g/mol. The Bertz CT molecular complexity index is 465. The number of carbonyl (C=O) groups excluding carboxylic acids is 1. The van der Waals surface area contributed by atoms with Gasteiger partial charge in [0.25, 0.3) is 0 Å². The molecular weight excluding hydrogens is 274 g/mol. The quantitative estimate of drug-likeness (QED) is 0.704. The zero-order valence-electron chi connectivity index (χ0n) is 10.4. The van der Waals surface area contributed by atoms with Crippen LogP contribution in [0.25, 0.3) is 0 Å². The molecular formula is C12H14F2N2O4. The van der Waals surface area contributed by atoms with Crippen LogP contribution in [0.3, 0.4) is 0 Å². The first-order chi connectivity index (χ1) is 9.38. The first kappa shape index (κ1) is 15.8. The van der Waals surface area contributed by atoms with Gasteiger partial charge in [-0.1, -0.05) is 0 Å². The van der Waals surface area contributed by atoms with E-state index < -0.39 is 24.5 Å². The van der Waals surface area contributed by atoms with Crippen LogP contribution in [0.1, 0.15) is 12.8 Å². The van der Waals surface area contributed by atoms with Gasteiger partial charge < -0.3 is 20.9 Å². The van der Waals surface area contributed by atoms with E-state index in [1.807, 2.05) is 0 Å². The lowest BCUT2D eigenvalue weighted by molar-refractivity contribution is -0.137. The average Bonchev–Trinajstić information content (AvgIpc) is 2.37. The van der Waals surface area contributed by atoms with Crippen molar-refractivity contribution in [2.45, 2.75) is 25.5 Å². The fourth-order valence-electron chi connectivity index (χ4n) is 1.36. The van der Waals surface area contributed by atoms with Gasteiger partial charge in [0.1, 0.15) is 5.75 Å². The summed E-state index contributed by atoms with van der Waals surface area (Å²) in [7, 11) is 0. The van der Waals surface area contributed by atoms with Crippen molar-refractivity contribution in [2.24, 2.45) is 5.73 Å². The summed E-state index contributed by atoms with van der Waals surface area (Å²) in [4.78, 5) is 22.0. The van der Waals surface area contributed by atoms with Crippen LogP contribution in [0.5, 0.6) is 5.75 Å². The molecule has 20 heavy (non-hydrogen) atoms. The molecule has 8 heteroatoms. The number of aliphatic carboxylic acids is 1. The number of rotatable bonds is 7. The highest BCUT2D eigenvalue weighted by atomic mass is 19.3. The van der Waals surface area contributed by atoms with Gasteiger partial charge in [-0.2, -0.15) is 8.78 Å². The second-order valence-corrected chi connectivity index (χ2v) is 3.93. The number of hydrogen-bond acceptors (Lipinski definition) is 4. The van der Waals surface area contributed by atoms with Crippen molar-refractivity contribution >= 4 is 17.6 Å². The topological polar surface area (TPSA) is 102 Å². The van der Waals surface area contributed by atoms with Crippen molar-refractivity contribution in [3.8, 4) is 5.75 Å². The first-order valence-corrected chi connectivity index (χ1v) is 5.71. The molecule has 0 bridgehead atoms. The minimum atomic E-state index is -2.92. The number of hydrogen-bond donors (Lipinski definition) is 3. The molecule has 1 aromatic rings. The molecule has 6 nitrogen and oxygen atoms in total. The van der Waals surface area contributed by atoms with E-state index in [0.29, 0.717) is 5.69 Å². The molecule has 110 valence electrons. The molecule has 0 heterocycles. The number of benzene rings is 1. The largest absolute Gasteiger partial charge is 0.481 e. The van der Waals surface area contributed by atoms with Gasteiger partial charge in [-0.15, -0.1) is 0 Å². The molecule has 0 fully saturated rings. The minimum absolute atomic E-state index is 0.00768. The number of halogens is 2. The molecule has 1 aromatic carbocycles. The molecule has 0 saturated carbocycles. The Kier molecular flexibility index (Phi) is 5.85. The highest BCUT2D eigenvalue weighted by Gasteiger charge is 2.15. The van der Waals surface area contributed by atoms with Crippen molar-refractivity contribution in [3.63, 3.8) is 0 Å². The third-order valence-corrected chi connectivity index (χ3v) is 2.35. The number of carboxylic acids is 1. The molecule has 0 aliphatic rings. The average molecular weight is 288 g/mol. The maximum atomic E-state index is 11.9. The molecule has 0 aliphatic heterocycles. The summed E-state index contributed by atoms with van der Waals surface area (Å²) >= 11 is 0. The summed E-state index contributed by atoms with van der Waals surface area (Å²) in [5.41, 5.74) is 5.86. The van der Waals surface area contributed by atoms with Crippen LogP contribution >= 0.6 is 0 Å². The molecule has 0 aliphatic carbocycles. The second kappa shape index (κ2) is 7.39. The van der Waals surface area contributed by atoms with Gasteiger partial charge >= 0.3 is 12.6 Å². The summed E-state index contributed by atoms with van der Waals surface area (Å²) in [6.45, 7) is -2.92. The maximum Gasteiger partial charge on any atom is 0.387 e. The van der Waals surface area contributed by atoms with E-state index in [0.717, 1.165) is 0 Å². The van der Waals surface area contributed by atoms with E-state index in [4.69, 9.17) is 10.8 Å². The Morgan fingerprint density at radius 2 is 1.90 bits per heavy atom. The Labute approximate surface area is 113 Å². The van der Waals surface area contributed by atoms with Crippen LogP contribution in [-0.2, 0) is 9.59 Å². The van der Waals surface area contributed by atoms with Gasteiger partial charge in [0.15, 0.2) is 0 Å². The first-order valence-electron chi connectivity index (χ1n) is 5.71. The number of carboxylic acid groups (broad SMARTS) is 1. The van der Waals surface area contributed by atoms with Crippen LogP contribution in [0.2, 0.25) is 0 Å². The molecule has 4 N–H and O–H groups in total. The van der Waals surface area contributed by atoms with Gasteiger partial charge in [0.05, 0.1) is 6.04 Å². The predicted molar refractivity (Wildman–Crippen MR) is 66.5 cm³/mol. The van der Waals surface area contributed by atoms with Crippen LogP contribution in [0, 0.1) is 0 Å². The van der Waals surface area contributed by atoms with Crippen molar-refractivity contribution in [1.82, 2.24) is 0 Å². The molecule has 0 radical (unpaired) electrons. The zero-order valence-corrected chi connectivity index (χ0v) is 10.4. The van der Waals surface area contributed by atoms with Gasteiger partial charge in [-0.05, 0) is 30.7 Å². The third kappa shape index (κ3) is 5.61.